The van der Waals surface area contributed by atoms with Gasteiger partial charge in [0.15, 0.2) is 11.6 Å². The summed E-state index contributed by atoms with van der Waals surface area (Å²) in [5.74, 6) is 0.483. The fourth-order valence-corrected chi connectivity index (χ4v) is 6.39. The highest BCUT2D eigenvalue weighted by atomic mass is 32.1. The highest BCUT2D eigenvalue weighted by Gasteiger charge is 2.24. The summed E-state index contributed by atoms with van der Waals surface area (Å²) >= 11 is 1.49. The van der Waals surface area contributed by atoms with E-state index < -0.39 is 12.4 Å². The lowest BCUT2D eigenvalue weighted by Gasteiger charge is -2.32. The first-order valence-electron chi connectivity index (χ1n) is 14.4. The van der Waals surface area contributed by atoms with E-state index in [9.17, 15) is 14.0 Å². The van der Waals surface area contributed by atoms with Gasteiger partial charge < -0.3 is 15.2 Å². The molecule has 1 saturated carbocycles. The average Bonchev–Trinajstić information content (AvgIpc) is 3.69. The predicted molar refractivity (Wildman–Crippen MR) is 159 cm³/mol. The van der Waals surface area contributed by atoms with Gasteiger partial charge in [-0.3, -0.25) is 24.5 Å². The van der Waals surface area contributed by atoms with Gasteiger partial charge in [0.1, 0.15) is 18.1 Å². The maximum atomic E-state index is 14.9. The Hall–Kier alpha value is -3.73. The molecular weight excluding hydrogens is 555 g/mol. The third-order valence-electron chi connectivity index (χ3n) is 7.79. The highest BCUT2D eigenvalue weighted by Crippen LogP contribution is 2.39. The first-order valence-corrected chi connectivity index (χ1v) is 15.2. The van der Waals surface area contributed by atoms with Crippen molar-refractivity contribution in [1.82, 2.24) is 20.2 Å². The number of Topliss-reactive ketones (excluding diaryl/α,β-unsaturated/α-hetero) is 1. The maximum absolute atomic E-state index is 14.9. The number of carbonyl (C=O) groups excluding carboxylic acids is 2. The number of nitrogens with one attached hydrogen (secondary N) is 1. The smallest absolute Gasteiger partial charge is 0.245 e. The zero-order chi connectivity index (χ0) is 29.1. The molecule has 0 atom stereocenters. The van der Waals surface area contributed by atoms with Gasteiger partial charge in [0.2, 0.25) is 5.91 Å². The number of nitrogens with zero attached hydrogens (tertiary/aromatic N) is 3. The number of carbonyl (C=O) groups is 2. The van der Waals surface area contributed by atoms with Gasteiger partial charge in [0.05, 0.1) is 20.8 Å². The molecule has 8 nitrogen and oxygen atoms in total. The van der Waals surface area contributed by atoms with Gasteiger partial charge in [-0.2, -0.15) is 0 Å². The number of halogens is 1. The molecule has 10 heteroatoms. The van der Waals surface area contributed by atoms with E-state index in [4.69, 9.17) is 14.8 Å². The van der Waals surface area contributed by atoms with Gasteiger partial charge >= 0.3 is 0 Å². The van der Waals surface area contributed by atoms with Crippen LogP contribution in [0.25, 0.3) is 20.8 Å². The molecule has 42 heavy (non-hydrogen) atoms. The van der Waals surface area contributed by atoms with Crippen molar-refractivity contribution in [2.24, 2.45) is 5.92 Å². The minimum atomic E-state index is -0.496. The average molecular weight is 589 g/mol. The summed E-state index contributed by atoms with van der Waals surface area (Å²) < 4.78 is 21.7. The Labute approximate surface area is 247 Å². The van der Waals surface area contributed by atoms with Crippen LogP contribution in [0.15, 0.2) is 54.9 Å². The van der Waals surface area contributed by atoms with Gasteiger partial charge in [-0.05, 0) is 67.0 Å². The molecule has 0 radical (unpaired) electrons. The molecule has 1 aromatic carbocycles. The van der Waals surface area contributed by atoms with E-state index in [1.807, 2.05) is 18.3 Å². The second-order valence-electron chi connectivity index (χ2n) is 11.2. The van der Waals surface area contributed by atoms with E-state index in [-0.39, 0.29) is 29.9 Å². The first-order chi connectivity index (χ1) is 20.4. The summed E-state index contributed by atoms with van der Waals surface area (Å²) in [5, 5.41) is 11.8. The topological polar surface area (TPSA) is 105 Å². The lowest BCUT2D eigenvalue weighted by Crippen LogP contribution is -2.45. The number of piperidine rings is 1. The minimum Gasteiger partial charge on any atom is -0.453 e. The molecule has 0 spiro atoms. The summed E-state index contributed by atoms with van der Waals surface area (Å²) in [7, 11) is 0. The van der Waals surface area contributed by atoms with Crippen molar-refractivity contribution in [2.45, 2.75) is 51.1 Å². The number of aromatic nitrogens is 2. The maximum Gasteiger partial charge on any atom is 0.245 e. The summed E-state index contributed by atoms with van der Waals surface area (Å²) in [6.45, 7) is 2.04. The Morgan fingerprint density at radius 1 is 1.02 bits per heavy atom. The summed E-state index contributed by atoms with van der Waals surface area (Å²) in [6, 6.07) is 12.6. The van der Waals surface area contributed by atoms with Crippen molar-refractivity contribution in [3.8, 4) is 22.1 Å². The van der Waals surface area contributed by atoms with Gasteiger partial charge in [-0.25, -0.2) is 4.39 Å². The third-order valence-corrected chi connectivity index (χ3v) is 8.95. The van der Waals surface area contributed by atoms with Crippen molar-refractivity contribution < 1.29 is 23.8 Å². The molecule has 1 aliphatic heterocycles. The quantitative estimate of drug-likeness (QED) is 0.246. The van der Waals surface area contributed by atoms with Crippen molar-refractivity contribution in [1.29, 1.82) is 0 Å². The van der Waals surface area contributed by atoms with E-state index >= 15 is 0 Å². The Kier molecular flexibility index (Phi) is 8.55. The van der Waals surface area contributed by atoms with Crippen molar-refractivity contribution in [3.63, 3.8) is 0 Å². The second kappa shape index (κ2) is 12.6. The molecule has 2 fully saturated rings. The zero-order valence-corrected chi connectivity index (χ0v) is 24.0. The first kappa shape index (κ1) is 28.4. The number of amides is 1. The number of benzene rings is 1. The SMILES string of the molecule is O=C(Cc1ccc(Oc2ccnc3cc(-c4ccc(CN5CCC(NC(=O)CO)CC5)cn4)sc23)c(F)c1)CC1CC1. The Morgan fingerprint density at radius 3 is 2.55 bits per heavy atom. The number of thiophene rings is 1. The van der Waals surface area contributed by atoms with E-state index in [0.717, 1.165) is 71.7 Å². The van der Waals surface area contributed by atoms with Gasteiger partial charge in [0, 0.05) is 57.0 Å². The van der Waals surface area contributed by atoms with E-state index in [0.29, 0.717) is 23.7 Å². The van der Waals surface area contributed by atoms with Crippen LogP contribution in [0.1, 0.15) is 43.2 Å². The predicted octanol–water partition coefficient (Wildman–Crippen LogP) is 5.27. The number of ketones is 1. The number of pyridine rings is 2. The number of ether oxygens (including phenoxy) is 1. The zero-order valence-electron chi connectivity index (χ0n) is 23.2. The fraction of sp³-hybridized carbons (Fsp3) is 0.375. The van der Waals surface area contributed by atoms with Crippen LogP contribution in [0.3, 0.4) is 0 Å². The fourth-order valence-electron chi connectivity index (χ4n) is 5.35. The summed E-state index contributed by atoms with van der Waals surface area (Å²) in [4.78, 5) is 36.1. The van der Waals surface area contributed by atoms with Crippen LogP contribution in [0.2, 0.25) is 0 Å². The summed E-state index contributed by atoms with van der Waals surface area (Å²) in [5.41, 5.74) is 3.34. The highest BCUT2D eigenvalue weighted by molar-refractivity contribution is 7.22. The molecule has 4 aromatic rings. The van der Waals surface area contributed by atoms with Crippen LogP contribution < -0.4 is 10.1 Å². The van der Waals surface area contributed by atoms with E-state index in [2.05, 4.69) is 21.3 Å². The van der Waals surface area contributed by atoms with Crippen molar-refractivity contribution >= 4 is 33.2 Å². The number of likely N-dealkylation sites (tertiary alicyclic amines) is 1. The molecule has 6 rings (SSSR count). The van der Waals surface area contributed by atoms with Gasteiger partial charge in [0.25, 0.3) is 0 Å². The van der Waals surface area contributed by atoms with Crippen LogP contribution in [-0.2, 0) is 22.6 Å². The lowest BCUT2D eigenvalue weighted by molar-refractivity contribution is -0.124. The monoisotopic (exact) mass is 588 g/mol. The molecular formula is C32H33FN4O4S. The molecule has 0 bridgehead atoms. The van der Waals surface area contributed by atoms with Crippen LogP contribution >= 0.6 is 11.3 Å². The van der Waals surface area contributed by atoms with Crippen LogP contribution in [0, 0.1) is 11.7 Å². The van der Waals surface area contributed by atoms with Gasteiger partial charge in [-0.1, -0.05) is 12.1 Å². The molecule has 1 amide bonds. The Morgan fingerprint density at radius 2 is 1.83 bits per heavy atom. The third kappa shape index (κ3) is 7.00. The number of aliphatic hydroxyl groups is 1. The number of aliphatic hydroxyl groups excluding tert-OH is 1. The molecule has 0 unspecified atom stereocenters. The van der Waals surface area contributed by atoms with E-state index in [1.165, 1.54) is 17.4 Å². The normalized spacial score (nSPS) is 16.0. The molecule has 1 aliphatic carbocycles. The minimum absolute atomic E-state index is 0.109. The van der Waals surface area contributed by atoms with Crippen LogP contribution in [0.4, 0.5) is 4.39 Å². The number of fused-ring (bicyclic) bond motifs is 1. The number of rotatable bonds is 11. The largest absolute Gasteiger partial charge is 0.453 e. The molecule has 3 aromatic heterocycles. The van der Waals surface area contributed by atoms with Crippen LogP contribution in [-0.4, -0.2) is 57.4 Å². The van der Waals surface area contributed by atoms with Crippen molar-refractivity contribution in [3.05, 3.63) is 71.8 Å². The van der Waals surface area contributed by atoms with Crippen molar-refractivity contribution in [2.75, 3.05) is 19.7 Å². The van der Waals surface area contributed by atoms with Crippen LogP contribution in [0.5, 0.6) is 11.5 Å². The second-order valence-corrected chi connectivity index (χ2v) is 12.2. The summed E-state index contributed by atoms with van der Waals surface area (Å²) in [6.07, 6.45) is 8.31. The Balaban J connectivity index is 1.09. The number of hydrogen-bond donors (Lipinski definition) is 2. The number of hydrogen-bond acceptors (Lipinski definition) is 8. The lowest BCUT2D eigenvalue weighted by atomic mass is 10.0. The van der Waals surface area contributed by atoms with E-state index in [1.54, 1.807) is 24.4 Å². The molecule has 2 N–H and O–H groups in total. The molecule has 218 valence electrons. The Bertz CT molecular complexity index is 1580. The molecule has 2 aliphatic rings. The molecule has 1 saturated heterocycles. The molecule has 4 heterocycles. The van der Waals surface area contributed by atoms with Gasteiger partial charge in [-0.15, -0.1) is 11.3 Å². The standard InChI is InChI=1S/C32H33FN4O4S/c33-25-15-21(14-24(39)13-20-1-2-20)4-6-28(25)41-29-7-10-34-27-16-30(42-32(27)29)26-5-3-22(17-35-26)18-37-11-8-23(9-12-37)36-31(40)19-38/h3-7,10,15-17,20,23,38H,1-2,8-9,11-14,18-19H2,(H,36,40).